The van der Waals surface area contributed by atoms with Crippen molar-refractivity contribution in [2.45, 2.75) is 37.6 Å². The van der Waals surface area contributed by atoms with Gasteiger partial charge in [-0.15, -0.1) is 0 Å². The summed E-state index contributed by atoms with van der Waals surface area (Å²) in [6.45, 7) is 0. The first-order valence-electron chi connectivity index (χ1n) is 10.0. The fourth-order valence-corrected chi connectivity index (χ4v) is 3.83. The Balaban J connectivity index is 1.40. The van der Waals surface area contributed by atoms with E-state index in [1.807, 2.05) is 30.3 Å². The molecule has 0 N–H and O–H groups in total. The predicted octanol–water partition coefficient (Wildman–Crippen LogP) is 5.45. The largest absolute Gasteiger partial charge is 0.300 e. The van der Waals surface area contributed by atoms with Crippen LogP contribution in [0.4, 0.5) is 0 Å². The third kappa shape index (κ3) is 4.45. The van der Waals surface area contributed by atoms with Crippen molar-refractivity contribution in [1.82, 2.24) is 0 Å². The quantitative estimate of drug-likeness (QED) is 0.494. The van der Waals surface area contributed by atoms with Gasteiger partial charge in [-0.3, -0.25) is 9.79 Å². The zero-order chi connectivity index (χ0) is 19.2. The SMILES string of the molecule is O=C(CCc1ccccc1)CCC1(Cc2ccccc2)N=C1c1ccccc1. The Bertz CT molecular complexity index is 947. The number of hydrogen-bond acceptors (Lipinski definition) is 2. The number of carbonyl (C=O) groups excluding carboxylic acids is 1. The summed E-state index contributed by atoms with van der Waals surface area (Å²) in [5.41, 5.74) is 4.60. The minimum absolute atomic E-state index is 0.217. The summed E-state index contributed by atoms with van der Waals surface area (Å²) in [7, 11) is 0. The number of Topliss-reactive ketones (excluding diaryl/α,β-unsaturated/α-hetero) is 1. The Hall–Kier alpha value is -3.00. The van der Waals surface area contributed by atoms with Crippen LogP contribution in [0.1, 0.15) is 36.0 Å². The molecule has 1 aliphatic heterocycles. The number of nitrogens with zero attached hydrogens (tertiary/aromatic N) is 1. The van der Waals surface area contributed by atoms with E-state index < -0.39 is 0 Å². The molecule has 0 saturated heterocycles. The fourth-order valence-electron chi connectivity index (χ4n) is 3.83. The van der Waals surface area contributed by atoms with E-state index >= 15 is 0 Å². The van der Waals surface area contributed by atoms with Crippen molar-refractivity contribution in [3.05, 3.63) is 108 Å². The fraction of sp³-hybridized carbons (Fsp3) is 0.231. The molecule has 0 radical (unpaired) electrons. The Morgan fingerprint density at radius 1 is 0.714 bits per heavy atom. The third-order valence-corrected chi connectivity index (χ3v) is 5.46. The van der Waals surface area contributed by atoms with Crippen LogP contribution in [0.15, 0.2) is 96.0 Å². The van der Waals surface area contributed by atoms with Gasteiger partial charge in [0.05, 0.1) is 5.71 Å². The molecular weight excluding hydrogens is 342 g/mol. The van der Waals surface area contributed by atoms with Crippen molar-refractivity contribution in [3.63, 3.8) is 0 Å². The van der Waals surface area contributed by atoms with Crippen LogP contribution in [0.2, 0.25) is 0 Å². The van der Waals surface area contributed by atoms with Gasteiger partial charge in [-0.25, -0.2) is 0 Å². The van der Waals surface area contributed by atoms with E-state index in [9.17, 15) is 4.79 Å². The molecule has 1 aliphatic rings. The molecule has 0 spiro atoms. The number of rotatable bonds is 9. The summed E-state index contributed by atoms with van der Waals surface area (Å²) in [6, 6.07) is 31.1. The minimum atomic E-state index is -0.217. The maximum atomic E-state index is 12.5. The summed E-state index contributed by atoms with van der Waals surface area (Å²) < 4.78 is 0. The van der Waals surface area contributed by atoms with E-state index in [1.165, 1.54) is 16.7 Å². The molecule has 0 aliphatic carbocycles. The lowest BCUT2D eigenvalue weighted by atomic mass is 9.86. The van der Waals surface area contributed by atoms with Gasteiger partial charge in [0, 0.05) is 19.3 Å². The van der Waals surface area contributed by atoms with E-state index in [2.05, 4.69) is 60.7 Å². The van der Waals surface area contributed by atoms with Crippen LogP contribution in [-0.4, -0.2) is 17.0 Å². The van der Waals surface area contributed by atoms with E-state index in [0.29, 0.717) is 18.6 Å². The van der Waals surface area contributed by atoms with E-state index in [-0.39, 0.29) is 5.54 Å². The third-order valence-electron chi connectivity index (χ3n) is 5.46. The van der Waals surface area contributed by atoms with Crippen LogP contribution < -0.4 is 0 Å². The summed E-state index contributed by atoms with van der Waals surface area (Å²) in [6.07, 6.45) is 3.66. The van der Waals surface area contributed by atoms with Crippen molar-refractivity contribution in [1.29, 1.82) is 0 Å². The summed E-state index contributed by atoms with van der Waals surface area (Å²) in [5.74, 6) is 0.325. The standard InChI is InChI=1S/C26H25NO/c28-24(17-16-21-10-4-1-5-11-21)18-19-26(20-22-12-6-2-7-13-22)25(27-26)23-14-8-3-9-15-23/h1-15H,16-20H2. The Morgan fingerprint density at radius 2 is 1.29 bits per heavy atom. The predicted molar refractivity (Wildman–Crippen MR) is 115 cm³/mol. The van der Waals surface area contributed by atoms with Crippen LogP contribution in [0.3, 0.4) is 0 Å². The van der Waals surface area contributed by atoms with Crippen LogP contribution in [0.5, 0.6) is 0 Å². The summed E-state index contributed by atoms with van der Waals surface area (Å²) in [5, 5.41) is 0. The van der Waals surface area contributed by atoms with Gasteiger partial charge in [-0.2, -0.15) is 0 Å². The second kappa shape index (κ2) is 8.35. The number of benzene rings is 3. The van der Waals surface area contributed by atoms with Crippen molar-refractivity contribution in [3.8, 4) is 0 Å². The smallest absolute Gasteiger partial charge is 0.133 e. The molecule has 3 aromatic carbocycles. The monoisotopic (exact) mass is 367 g/mol. The minimum Gasteiger partial charge on any atom is -0.300 e. The first-order chi connectivity index (χ1) is 13.8. The number of ketones is 1. The van der Waals surface area contributed by atoms with Gasteiger partial charge in [0.1, 0.15) is 11.3 Å². The molecule has 1 unspecified atom stereocenters. The van der Waals surface area contributed by atoms with Gasteiger partial charge in [0.25, 0.3) is 0 Å². The summed E-state index contributed by atoms with van der Waals surface area (Å²) in [4.78, 5) is 17.4. The molecule has 28 heavy (non-hydrogen) atoms. The van der Waals surface area contributed by atoms with Crippen molar-refractivity contribution < 1.29 is 4.79 Å². The zero-order valence-electron chi connectivity index (χ0n) is 16.1. The number of hydrogen-bond donors (Lipinski definition) is 0. The van der Waals surface area contributed by atoms with Crippen LogP contribution in [-0.2, 0) is 17.6 Å². The molecule has 0 saturated carbocycles. The van der Waals surface area contributed by atoms with E-state index in [0.717, 1.165) is 25.0 Å². The van der Waals surface area contributed by atoms with Crippen LogP contribution in [0, 0.1) is 0 Å². The van der Waals surface area contributed by atoms with Gasteiger partial charge in [-0.05, 0) is 29.5 Å². The molecule has 2 nitrogen and oxygen atoms in total. The molecule has 140 valence electrons. The van der Waals surface area contributed by atoms with Crippen LogP contribution in [0.25, 0.3) is 0 Å². The normalized spacial score (nSPS) is 17.8. The highest BCUT2D eigenvalue weighted by Crippen LogP contribution is 2.40. The lowest BCUT2D eigenvalue weighted by Gasteiger charge is -2.16. The van der Waals surface area contributed by atoms with Gasteiger partial charge < -0.3 is 0 Å². The highest BCUT2D eigenvalue weighted by atomic mass is 16.1. The molecule has 4 rings (SSSR count). The molecule has 3 aromatic rings. The lowest BCUT2D eigenvalue weighted by Crippen LogP contribution is -2.24. The number of aryl methyl sites for hydroxylation is 1. The van der Waals surface area contributed by atoms with Gasteiger partial charge in [0.2, 0.25) is 0 Å². The number of carbonyl (C=O) groups is 1. The molecule has 0 bridgehead atoms. The van der Waals surface area contributed by atoms with Crippen molar-refractivity contribution in [2.24, 2.45) is 4.99 Å². The van der Waals surface area contributed by atoms with E-state index in [1.54, 1.807) is 0 Å². The second-order valence-electron chi connectivity index (χ2n) is 7.54. The Morgan fingerprint density at radius 3 is 1.93 bits per heavy atom. The molecule has 1 atom stereocenters. The zero-order valence-corrected chi connectivity index (χ0v) is 16.1. The molecule has 0 aromatic heterocycles. The average molecular weight is 367 g/mol. The Kier molecular flexibility index (Phi) is 5.48. The van der Waals surface area contributed by atoms with Gasteiger partial charge in [-0.1, -0.05) is 91.0 Å². The van der Waals surface area contributed by atoms with Gasteiger partial charge >= 0.3 is 0 Å². The molecule has 1 heterocycles. The average Bonchev–Trinajstić information content (AvgIpc) is 3.47. The first kappa shape index (κ1) is 18.4. The Labute approximate surface area is 167 Å². The number of aliphatic imine (C=N–C) groups is 1. The summed E-state index contributed by atoms with van der Waals surface area (Å²) >= 11 is 0. The highest BCUT2D eigenvalue weighted by molar-refractivity contribution is 6.17. The first-order valence-corrected chi connectivity index (χ1v) is 10.0. The second-order valence-corrected chi connectivity index (χ2v) is 7.54. The molecular formula is C26H25NO. The van der Waals surface area contributed by atoms with Gasteiger partial charge in [0.15, 0.2) is 0 Å². The molecule has 0 amide bonds. The lowest BCUT2D eigenvalue weighted by molar-refractivity contribution is -0.119. The van der Waals surface area contributed by atoms with E-state index in [4.69, 9.17) is 4.99 Å². The van der Waals surface area contributed by atoms with Crippen LogP contribution >= 0.6 is 0 Å². The maximum Gasteiger partial charge on any atom is 0.133 e. The van der Waals surface area contributed by atoms with Crippen molar-refractivity contribution >= 4 is 11.5 Å². The maximum absolute atomic E-state index is 12.5. The molecule has 0 fully saturated rings. The molecule has 2 heteroatoms. The topological polar surface area (TPSA) is 29.4 Å². The highest BCUT2D eigenvalue weighted by Gasteiger charge is 2.47. The van der Waals surface area contributed by atoms with Crippen molar-refractivity contribution in [2.75, 3.05) is 0 Å².